The van der Waals surface area contributed by atoms with Crippen molar-refractivity contribution in [2.45, 2.75) is 31.9 Å². The molecule has 122 valence electrons. The van der Waals surface area contributed by atoms with Crippen LogP contribution in [0.5, 0.6) is 5.75 Å². The number of ether oxygens (including phenoxy) is 2. The average Bonchev–Trinajstić information content (AvgIpc) is 2.55. The van der Waals surface area contributed by atoms with Gasteiger partial charge in [-0.1, -0.05) is 18.2 Å². The Kier molecular flexibility index (Phi) is 6.21. The fourth-order valence-electron chi connectivity index (χ4n) is 2.90. The molecule has 0 spiro atoms. The van der Waals surface area contributed by atoms with Gasteiger partial charge in [-0.25, -0.2) is 0 Å². The quantitative estimate of drug-likeness (QED) is 0.873. The van der Waals surface area contributed by atoms with Gasteiger partial charge in [0.2, 0.25) is 5.91 Å². The van der Waals surface area contributed by atoms with E-state index in [1.807, 2.05) is 31.2 Å². The lowest BCUT2D eigenvalue weighted by atomic mass is 10.1. The van der Waals surface area contributed by atoms with Crippen LogP contribution in [0.1, 0.15) is 31.4 Å². The van der Waals surface area contributed by atoms with Crippen LogP contribution >= 0.6 is 0 Å². The summed E-state index contributed by atoms with van der Waals surface area (Å²) >= 11 is 0. The summed E-state index contributed by atoms with van der Waals surface area (Å²) in [6, 6.07) is 7.70. The molecule has 1 heterocycles. The van der Waals surface area contributed by atoms with E-state index in [1.54, 1.807) is 14.2 Å². The second kappa shape index (κ2) is 8.15. The lowest BCUT2D eigenvalue weighted by molar-refractivity contribution is -0.123. The molecule has 0 radical (unpaired) electrons. The Bertz CT molecular complexity index is 485. The third-order valence-corrected chi connectivity index (χ3v) is 4.22. The number of likely N-dealkylation sites (tertiary alicyclic amines) is 1. The lowest BCUT2D eigenvalue weighted by Crippen LogP contribution is -2.43. The second-order valence-electron chi connectivity index (χ2n) is 5.74. The number of piperidine rings is 1. The maximum Gasteiger partial charge on any atom is 0.234 e. The van der Waals surface area contributed by atoms with E-state index in [2.05, 4.69) is 10.2 Å². The van der Waals surface area contributed by atoms with Crippen LogP contribution in [0.25, 0.3) is 0 Å². The number of hydrogen-bond acceptors (Lipinski definition) is 4. The number of rotatable bonds is 6. The van der Waals surface area contributed by atoms with Crippen LogP contribution < -0.4 is 10.1 Å². The molecule has 1 atom stereocenters. The SMILES string of the molecule is COc1ccccc1C(C)NC(=O)CN1CCC(OC)CC1. The van der Waals surface area contributed by atoms with Crippen molar-refractivity contribution in [3.63, 3.8) is 0 Å². The number of benzene rings is 1. The first-order valence-electron chi connectivity index (χ1n) is 7.81. The molecule has 1 aromatic rings. The van der Waals surface area contributed by atoms with Crippen molar-refractivity contribution in [3.05, 3.63) is 29.8 Å². The fraction of sp³-hybridized carbons (Fsp3) is 0.588. The molecule has 1 fully saturated rings. The Morgan fingerprint density at radius 2 is 2.00 bits per heavy atom. The molecule has 0 saturated carbocycles. The summed E-state index contributed by atoms with van der Waals surface area (Å²) in [7, 11) is 3.40. The van der Waals surface area contributed by atoms with Crippen LogP contribution in [-0.2, 0) is 9.53 Å². The van der Waals surface area contributed by atoms with Crippen molar-refractivity contribution >= 4 is 5.91 Å². The highest BCUT2D eigenvalue weighted by Crippen LogP contribution is 2.24. The summed E-state index contributed by atoms with van der Waals surface area (Å²) in [6.07, 6.45) is 2.32. The summed E-state index contributed by atoms with van der Waals surface area (Å²) in [4.78, 5) is 14.4. The molecule has 1 amide bonds. The summed E-state index contributed by atoms with van der Waals surface area (Å²) in [5.41, 5.74) is 0.997. The highest BCUT2D eigenvalue weighted by Gasteiger charge is 2.21. The zero-order valence-corrected chi connectivity index (χ0v) is 13.7. The fourth-order valence-corrected chi connectivity index (χ4v) is 2.90. The normalized spacial score (nSPS) is 18.0. The number of carbonyl (C=O) groups excluding carboxylic acids is 1. The molecule has 1 N–H and O–H groups in total. The Hall–Kier alpha value is -1.59. The molecule has 1 aromatic carbocycles. The Labute approximate surface area is 132 Å². The minimum absolute atomic E-state index is 0.0503. The second-order valence-corrected chi connectivity index (χ2v) is 5.74. The van der Waals surface area contributed by atoms with Gasteiger partial charge in [-0.15, -0.1) is 0 Å². The third kappa shape index (κ3) is 4.45. The first-order valence-corrected chi connectivity index (χ1v) is 7.81. The predicted octanol–water partition coefficient (Wildman–Crippen LogP) is 1.98. The molecule has 0 bridgehead atoms. The summed E-state index contributed by atoms with van der Waals surface area (Å²) in [5.74, 6) is 0.852. The minimum atomic E-state index is -0.0693. The monoisotopic (exact) mass is 306 g/mol. The largest absolute Gasteiger partial charge is 0.496 e. The summed E-state index contributed by atoms with van der Waals surface area (Å²) < 4.78 is 10.7. The van der Waals surface area contributed by atoms with Crippen molar-refractivity contribution in [3.8, 4) is 5.75 Å². The highest BCUT2D eigenvalue weighted by molar-refractivity contribution is 5.78. The van der Waals surface area contributed by atoms with Gasteiger partial charge in [0.25, 0.3) is 0 Å². The number of hydrogen-bond donors (Lipinski definition) is 1. The number of nitrogens with zero attached hydrogens (tertiary/aromatic N) is 1. The molecular weight excluding hydrogens is 280 g/mol. The van der Waals surface area contributed by atoms with Gasteiger partial charge in [0.05, 0.1) is 25.8 Å². The lowest BCUT2D eigenvalue weighted by Gasteiger charge is -2.31. The Morgan fingerprint density at radius 1 is 1.32 bits per heavy atom. The van der Waals surface area contributed by atoms with Crippen molar-refractivity contribution in [1.29, 1.82) is 0 Å². The molecule has 0 aromatic heterocycles. The smallest absolute Gasteiger partial charge is 0.234 e. The zero-order chi connectivity index (χ0) is 15.9. The van der Waals surface area contributed by atoms with E-state index in [1.165, 1.54) is 0 Å². The van der Waals surface area contributed by atoms with Gasteiger partial charge >= 0.3 is 0 Å². The van der Waals surface area contributed by atoms with E-state index >= 15 is 0 Å². The molecule has 2 rings (SSSR count). The summed E-state index contributed by atoms with van der Waals surface area (Å²) in [6.45, 7) is 4.24. The molecule has 1 unspecified atom stereocenters. The summed E-state index contributed by atoms with van der Waals surface area (Å²) in [5, 5.41) is 3.05. The zero-order valence-electron chi connectivity index (χ0n) is 13.7. The maximum atomic E-state index is 12.2. The molecule has 5 nitrogen and oxygen atoms in total. The maximum absolute atomic E-state index is 12.2. The Balaban J connectivity index is 1.84. The van der Waals surface area contributed by atoms with E-state index in [0.717, 1.165) is 37.2 Å². The van der Waals surface area contributed by atoms with Crippen molar-refractivity contribution < 1.29 is 14.3 Å². The van der Waals surface area contributed by atoms with Crippen LogP contribution in [0, 0.1) is 0 Å². The van der Waals surface area contributed by atoms with Crippen molar-refractivity contribution in [2.75, 3.05) is 33.9 Å². The van der Waals surface area contributed by atoms with Gasteiger partial charge in [-0.2, -0.15) is 0 Å². The van der Waals surface area contributed by atoms with Crippen molar-refractivity contribution in [1.82, 2.24) is 10.2 Å². The van der Waals surface area contributed by atoms with Gasteiger partial charge in [-0.3, -0.25) is 9.69 Å². The van der Waals surface area contributed by atoms with Crippen LogP contribution in [0.15, 0.2) is 24.3 Å². The first-order chi connectivity index (χ1) is 10.6. The van der Waals surface area contributed by atoms with E-state index < -0.39 is 0 Å². The molecule has 0 aliphatic carbocycles. The van der Waals surface area contributed by atoms with Crippen LogP contribution in [0.4, 0.5) is 0 Å². The topological polar surface area (TPSA) is 50.8 Å². The number of nitrogens with one attached hydrogen (secondary N) is 1. The number of amides is 1. The van der Waals surface area contributed by atoms with Gasteiger partial charge in [0.15, 0.2) is 0 Å². The van der Waals surface area contributed by atoms with Crippen LogP contribution in [0.2, 0.25) is 0 Å². The van der Waals surface area contributed by atoms with Crippen LogP contribution in [0.3, 0.4) is 0 Å². The van der Waals surface area contributed by atoms with Crippen molar-refractivity contribution in [2.24, 2.45) is 0 Å². The molecule has 1 aliphatic rings. The predicted molar refractivity (Wildman–Crippen MR) is 86.0 cm³/mol. The van der Waals surface area contributed by atoms with E-state index in [-0.39, 0.29) is 11.9 Å². The molecule has 22 heavy (non-hydrogen) atoms. The van der Waals surface area contributed by atoms with E-state index in [9.17, 15) is 4.79 Å². The molecular formula is C17H26N2O3. The number of carbonyl (C=O) groups is 1. The number of methoxy groups -OCH3 is 2. The first kappa shape index (κ1) is 16.8. The standard InChI is InChI=1S/C17H26N2O3/c1-13(15-6-4-5-7-16(15)22-3)18-17(20)12-19-10-8-14(21-2)9-11-19/h4-7,13-14H,8-12H2,1-3H3,(H,18,20). The van der Waals surface area contributed by atoms with Crippen LogP contribution in [-0.4, -0.2) is 50.8 Å². The van der Waals surface area contributed by atoms with E-state index in [0.29, 0.717) is 12.6 Å². The minimum Gasteiger partial charge on any atom is -0.496 e. The third-order valence-electron chi connectivity index (χ3n) is 4.22. The van der Waals surface area contributed by atoms with E-state index in [4.69, 9.17) is 9.47 Å². The van der Waals surface area contributed by atoms with Gasteiger partial charge in [0.1, 0.15) is 5.75 Å². The number of para-hydroxylation sites is 1. The molecule has 1 aliphatic heterocycles. The molecule has 5 heteroatoms. The van der Waals surface area contributed by atoms with Gasteiger partial charge in [0, 0.05) is 25.8 Å². The van der Waals surface area contributed by atoms with Gasteiger partial charge in [-0.05, 0) is 25.8 Å². The van der Waals surface area contributed by atoms with Gasteiger partial charge < -0.3 is 14.8 Å². The average molecular weight is 306 g/mol. The Morgan fingerprint density at radius 3 is 2.64 bits per heavy atom. The molecule has 1 saturated heterocycles. The highest BCUT2D eigenvalue weighted by atomic mass is 16.5.